The Morgan fingerprint density at radius 1 is 1.10 bits per heavy atom. The topological polar surface area (TPSA) is 48.5 Å². The highest BCUT2D eigenvalue weighted by Crippen LogP contribution is 2.39. The van der Waals surface area contributed by atoms with Gasteiger partial charge >= 0.3 is 6.18 Å². The molecule has 4 aromatic rings. The molecule has 3 aromatic heterocycles. The first-order valence-corrected chi connectivity index (χ1v) is 8.97. The number of hydrogen-bond acceptors (Lipinski definition) is 3. The number of alkyl halides is 3. The molecule has 0 spiro atoms. The van der Waals surface area contributed by atoms with Gasteiger partial charge in [-0.25, -0.2) is 14.1 Å². The Kier molecular flexibility index (Phi) is 4.40. The summed E-state index contributed by atoms with van der Waals surface area (Å²) in [7, 11) is 0. The van der Waals surface area contributed by atoms with Crippen molar-refractivity contribution in [3.8, 4) is 16.9 Å². The number of aromatic nitrogens is 5. The molecule has 0 saturated heterocycles. The van der Waals surface area contributed by atoms with E-state index in [0.29, 0.717) is 17.8 Å². The van der Waals surface area contributed by atoms with Crippen molar-refractivity contribution in [3.05, 3.63) is 59.3 Å². The van der Waals surface area contributed by atoms with Gasteiger partial charge in [-0.1, -0.05) is 12.1 Å². The van der Waals surface area contributed by atoms with E-state index in [4.69, 9.17) is 0 Å². The summed E-state index contributed by atoms with van der Waals surface area (Å²) in [4.78, 5) is 4.45. The average molecular weight is 403 g/mol. The smallest absolute Gasteiger partial charge is 0.269 e. The maximum atomic E-state index is 14.4. The van der Waals surface area contributed by atoms with Crippen LogP contribution in [0.5, 0.6) is 0 Å². The second-order valence-corrected chi connectivity index (χ2v) is 6.66. The Labute approximate surface area is 163 Å². The van der Waals surface area contributed by atoms with E-state index >= 15 is 0 Å². The van der Waals surface area contributed by atoms with Crippen LogP contribution in [0.25, 0.3) is 28.0 Å². The molecule has 0 atom stereocenters. The molecule has 0 aliphatic rings. The minimum atomic E-state index is -4.63. The van der Waals surface area contributed by atoms with Gasteiger partial charge in [-0.05, 0) is 39.0 Å². The number of benzene rings is 1. The number of aryl methyl sites for hydroxylation is 2. The number of fused-ring (bicyclic) bond motifs is 1. The van der Waals surface area contributed by atoms with Crippen molar-refractivity contribution >= 4 is 11.0 Å². The summed E-state index contributed by atoms with van der Waals surface area (Å²) >= 11 is 0. The number of para-hydroxylation sites is 1. The fraction of sp³-hybridized carbons (Fsp3) is 0.250. The monoisotopic (exact) mass is 403 g/mol. The Balaban J connectivity index is 2.09. The molecule has 0 amide bonds. The van der Waals surface area contributed by atoms with Gasteiger partial charge in [0.15, 0.2) is 5.65 Å². The molecule has 0 N–H and O–H groups in total. The van der Waals surface area contributed by atoms with Crippen molar-refractivity contribution in [1.82, 2.24) is 24.5 Å². The highest BCUT2D eigenvalue weighted by molar-refractivity contribution is 5.87. The summed E-state index contributed by atoms with van der Waals surface area (Å²) in [6.45, 7) is 5.69. The minimum absolute atomic E-state index is 0.0318. The first-order valence-electron chi connectivity index (χ1n) is 8.97. The zero-order valence-corrected chi connectivity index (χ0v) is 15.9. The highest BCUT2D eigenvalue weighted by atomic mass is 19.4. The Morgan fingerprint density at radius 3 is 2.45 bits per heavy atom. The van der Waals surface area contributed by atoms with E-state index in [-0.39, 0.29) is 28.1 Å². The molecule has 0 fully saturated rings. The van der Waals surface area contributed by atoms with Crippen molar-refractivity contribution in [2.75, 3.05) is 0 Å². The third-order valence-corrected chi connectivity index (χ3v) is 4.88. The third kappa shape index (κ3) is 3.06. The standard InChI is InChI=1S/C20H17F4N5/c1-4-28-12(3)13(10-25-28)16-9-14(20(22,23)24)18-11(2)27-29(19(18)26-16)17-8-6-5-7-15(17)21/h5-10H,4H2,1-3H3. The minimum Gasteiger partial charge on any atom is -0.269 e. The van der Waals surface area contributed by atoms with Gasteiger partial charge in [-0.2, -0.15) is 23.4 Å². The second kappa shape index (κ2) is 6.68. The van der Waals surface area contributed by atoms with E-state index in [1.807, 2.05) is 6.92 Å². The lowest BCUT2D eigenvalue weighted by Gasteiger charge is -2.12. The summed E-state index contributed by atoms with van der Waals surface area (Å²) in [6.07, 6.45) is -3.14. The molecule has 29 heavy (non-hydrogen) atoms. The maximum absolute atomic E-state index is 14.4. The molecule has 0 aliphatic carbocycles. The number of rotatable bonds is 3. The molecule has 0 aliphatic heterocycles. The zero-order valence-electron chi connectivity index (χ0n) is 15.9. The molecule has 150 valence electrons. The van der Waals surface area contributed by atoms with Gasteiger partial charge in [0.1, 0.15) is 11.5 Å². The molecular formula is C20H17F4N5. The van der Waals surface area contributed by atoms with Crippen LogP contribution in [-0.2, 0) is 12.7 Å². The first kappa shape index (κ1) is 19.1. The van der Waals surface area contributed by atoms with Gasteiger partial charge in [-0.15, -0.1) is 0 Å². The molecular weight excluding hydrogens is 386 g/mol. The second-order valence-electron chi connectivity index (χ2n) is 6.66. The maximum Gasteiger partial charge on any atom is 0.417 e. The number of pyridine rings is 1. The van der Waals surface area contributed by atoms with Crippen LogP contribution in [0.4, 0.5) is 17.6 Å². The van der Waals surface area contributed by atoms with Gasteiger partial charge in [-0.3, -0.25) is 4.68 Å². The van der Waals surface area contributed by atoms with Gasteiger partial charge in [0.25, 0.3) is 0 Å². The van der Waals surface area contributed by atoms with E-state index in [0.717, 1.165) is 10.7 Å². The molecule has 1 aromatic carbocycles. The van der Waals surface area contributed by atoms with Gasteiger partial charge in [0, 0.05) is 17.8 Å². The molecule has 9 heteroatoms. The predicted molar refractivity (Wildman–Crippen MR) is 100 cm³/mol. The van der Waals surface area contributed by atoms with Gasteiger partial charge < -0.3 is 0 Å². The van der Waals surface area contributed by atoms with Crippen molar-refractivity contribution in [2.24, 2.45) is 0 Å². The SMILES string of the molecule is CCn1ncc(-c2cc(C(F)(F)F)c3c(C)nn(-c4ccccc4F)c3n2)c1C. The third-order valence-electron chi connectivity index (χ3n) is 4.88. The van der Waals surface area contributed by atoms with E-state index < -0.39 is 17.6 Å². The summed E-state index contributed by atoms with van der Waals surface area (Å²) in [5.41, 5.74) is 0.529. The van der Waals surface area contributed by atoms with Crippen LogP contribution in [0.2, 0.25) is 0 Å². The summed E-state index contributed by atoms with van der Waals surface area (Å²) in [5.74, 6) is -0.604. The van der Waals surface area contributed by atoms with E-state index in [2.05, 4.69) is 15.2 Å². The predicted octanol–water partition coefficient (Wildman–Crippen LogP) is 5.08. The largest absolute Gasteiger partial charge is 0.417 e. The number of halogens is 4. The molecule has 0 bridgehead atoms. The van der Waals surface area contributed by atoms with E-state index in [9.17, 15) is 17.6 Å². The molecule has 5 nitrogen and oxygen atoms in total. The van der Waals surface area contributed by atoms with E-state index in [1.54, 1.807) is 17.7 Å². The fourth-order valence-electron chi connectivity index (χ4n) is 3.46. The van der Waals surface area contributed by atoms with Crippen LogP contribution in [0.15, 0.2) is 36.5 Å². The summed E-state index contributed by atoms with van der Waals surface area (Å²) < 4.78 is 58.8. The molecule has 0 radical (unpaired) electrons. The lowest BCUT2D eigenvalue weighted by atomic mass is 10.1. The molecule has 0 saturated carbocycles. The van der Waals surface area contributed by atoms with E-state index in [1.165, 1.54) is 31.3 Å². The van der Waals surface area contributed by atoms with Crippen LogP contribution in [0.3, 0.4) is 0 Å². The average Bonchev–Trinajstić information content (AvgIpc) is 3.20. The molecule has 0 unspecified atom stereocenters. The number of nitrogens with zero attached hydrogens (tertiary/aromatic N) is 5. The highest BCUT2D eigenvalue weighted by Gasteiger charge is 2.36. The lowest BCUT2D eigenvalue weighted by molar-refractivity contribution is -0.136. The quantitative estimate of drug-likeness (QED) is 0.448. The van der Waals surface area contributed by atoms with Crippen molar-refractivity contribution in [2.45, 2.75) is 33.5 Å². The molecule has 3 heterocycles. The summed E-state index contributed by atoms with van der Waals surface area (Å²) in [5, 5.41) is 8.21. The van der Waals surface area contributed by atoms with Crippen LogP contribution in [0, 0.1) is 19.7 Å². The molecule has 4 rings (SSSR count). The van der Waals surface area contributed by atoms with Crippen molar-refractivity contribution in [1.29, 1.82) is 0 Å². The Bertz CT molecular complexity index is 1220. The van der Waals surface area contributed by atoms with Gasteiger partial charge in [0.2, 0.25) is 0 Å². The fourth-order valence-corrected chi connectivity index (χ4v) is 3.46. The zero-order chi connectivity index (χ0) is 20.9. The van der Waals surface area contributed by atoms with Crippen molar-refractivity contribution < 1.29 is 17.6 Å². The Hall–Kier alpha value is -3.23. The Morgan fingerprint density at radius 2 is 1.83 bits per heavy atom. The van der Waals surface area contributed by atoms with Crippen LogP contribution in [0.1, 0.15) is 23.9 Å². The summed E-state index contributed by atoms with van der Waals surface area (Å²) in [6, 6.07) is 6.77. The number of hydrogen-bond donors (Lipinski definition) is 0. The lowest BCUT2D eigenvalue weighted by Crippen LogP contribution is -2.08. The van der Waals surface area contributed by atoms with Gasteiger partial charge in [0.05, 0.1) is 28.5 Å². The van der Waals surface area contributed by atoms with Crippen LogP contribution in [-0.4, -0.2) is 24.5 Å². The normalized spacial score (nSPS) is 12.1. The van der Waals surface area contributed by atoms with Crippen LogP contribution < -0.4 is 0 Å². The van der Waals surface area contributed by atoms with Crippen LogP contribution >= 0.6 is 0 Å². The van der Waals surface area contributed by atoms with Crippen molar-refractivity contribution in [3.63, 3.8) is 0 Å². The first-order chi connectivity index (χ1) is 13.7.